The summed E-state index contributed by atoms with van der Waals surface area (Å²) in [5.41, 5.74) is 14.0. The molecule has 11 rings (SSSR count). The zero-order valence-electron chi connectivity index (χ0n) is 31.0. The van der Waals surface area contributed by atoms with E-state index in [9.17, 15) is 4.79 Å². The topological polar surface area (TPSA) is 38.4 Å². The average Bonchev–Trinajstić information content (AvgIpc) is 3.57. The number of para-hydroxylation sites is 2. The van der Waals surface area contributed by atoms with Crippen molar-refractivity contribution in [1.82, 2.24) is 4.57 Å². The molecule has 0 aliphatic carbocycles. The monoisotopic (exact) mass is 720 g/mol. The van der Waals surface area contributed by atoms with Crippen LogP contribution in [0, 0.1) is 0 Å². The molecule has 266 valence electrons. The number of fused-ring (bicyclic) bond motifs is 8. The molecule has 0 spiro atoms. The predicted octanol–water partition coefficient (Wildman–Crippen LogP) is 13.5. The first-order valence-corrected chi connectivity index (χ1v) is 19.1. The summed E-state index contributed by atoms with van der Waals surface area (Å²) < 4.78 is 8.19. The second-order valence-electron chi connectivity index (χ2n) is 15.3. The van der Waals surface area contributed by atoms with Gasteiger partial charge in [0.25, 0.3) is 0 Å². The maximum atomic E-state index is 13.0. The summed E-state index contributed by atoms with van der Waals surface area (Å²) in [6.07, 6.45) is 0. The van der Waals surface area contributed by atoms with E-state index in [-0.39, 0.29) is 11.0 Å². The second-order valence-corrected chi connectivity index (χ2v) is 15.3. The molecule has 1 aliphatic rings. The van der Waals surface area contributed by atoms with Gasteiger partial charge in [0.1, 0.15) is 5.58 Å². The van der Waals surface area contributed by atoms with E-state index in [2.05, 4.69) is 175 Å². The Labute approximate surface area is 324 Å². The summed E-state index contributed by atoms with van der Waals surface area (Å²) in [5.74, 6) is 0. The molecular weight excluding hydrogens is 685 g/mol. The van der Waals surface area contributed by atoms with E-state index in [1.54, 1.807) is 0 Å². The Morgan fingerprint density at radius 2 is 1.02 bits per heavy atom. The summed E-state index contributed by atoms with van der Waals surface area (Å²) in [6, 6.07) is 64.4. The molecule has 0 amide bonds. The van der Waals surface area contributed by atoms with Crippen molar-refractivity contribution >= 4 is 60.6 Å². The fourth-order valence-electron chi connectivity index (χ4n) is 9.02. The van der Waals surface area contributed by atoms with Crippen molar-refractivity contribution in [3.63, 3.8) is 0 Å². The Morgan fingerprint density at radius 1 is 0.429 bits per heavy atom. The van der Waals surface area contributed by atoms with Crippen LogP contribution in [-0.4, -0.2) is 4.57 Å². The normalized spacial score (nSPS) is 13.4. The Balaban J connectivity index is 1.01. The maximum Gasteiger partial charge on any atom is 0.344 e. The third kappa shape index (κ3) is 4.82. The van der Waals surface area contributed by atoms with E-state index < -0.39 is 0 Å². The van der Waals surface area contributed by atoms with Gasteiger partial charge in [-0.05, 0) is 99.4 Å². The molecule has 3 heterocycles. The molecule has 0 unspecified atom stereocenters. The fraction of sp³-hybridized carbons (Fsp3) is 0.0577. The Morgan fingerprint density at radius 3 is 1.80 bits per heavy atom. The molecule has 4 nitrogen and oxygen atoms in total. The summed E-state index contributed by atoms with van der Waals surface area (Å²) in [6.45, 7) is 4.68. The molecule has 0 bridgehead atoms. The minimum Gasteiger partial charge on any atom is -0.422 e. The molecule has 1 aliphatic heterocycles. The summed E-state index contributed by atoms with van der Waals surface area (Å²) >= 11 is 0. The number of rotatable bonds is 4. The number of anilines is 3. The SMILES string of the molecule is CC1(C)c2ccccc2N(c2ccc(-c3ccccc3)cc2)c2ccc(-c3ccc(-n4c5ccccc5c5cc6c(cc54)oc(=O)c4ccccc46)cc3)cc21. The van der Waals surface area contributed by atoms with Gasteiger partial charge in [-0.1, -0.05) is 129 Å². The standard InChI is InChI=1S/C52H36N2O2/c1-52(2)44-17-9-11-19-47(44)54(38-25-20-34(21-26-38)33-12-4-3-5-13-33)48-29-24-36(30-45(48)52)35-22-27-37(28-23-35)53-46-18-10-8-15-40(46)42-31-43-39-14-6-7-16-41(39)51(55)56-50(43)32-49(42)53/h3-32H,1-2H3. The molecule has 10 aromatic rings. The van der Waals surface area contributed by atoms with Crippen LogP contribution < -0.4 is 10.5 Å². The molecule has 0 saturated heterocycles. The van der Waals surface area contributed by atoms with Crippen LogP contribution in [0.4, 0.5) is 17.1 Å². The molecule has 2 aromatic heterocycles. The predicted molar refractivity (Wildman–Crippen MR) is 232 cm³/mol. The van der Waals surface area contributed by atoms with Gasteiger partial charge in [0.2, 0.25) is 0 Å². The van der Waals surface area contributed by atoms with Crippen LogP contribution in [0.1, 0.15) is 25.0 Å². The molecule has 0 radical (unpaired) electrons. The molecule has 0 fully saturated rings. The first-order valence-electron chi connectivity index (χ1n) is 19.1. The summed E-state index contributed by atoms with van der Waals surface area (Å²) in [7, 11) is 0. The van der Waals surface area contributed by atoms with Gasteiger partial charge >= 0.3 is 5.63 Å². The number of aromatic nitrogens is 1. The highest BCUT2D eigenvalue weighted by molar-refractivity contribution is 6.16. The van der Waals surface area contributed by atoms with E-state index in [4.69, 9.17) is 4.42 Å². The molecule has 0 atom stereocenters. The van der Waals surface area contributed by atoms with Gasteiger partial charge in [0, 0.05) is 39.0 Å². The molecule has 4 heteroatoms. The van der Waals surface area contributed by atoms with Gasteiger partial charge in [0.15, 0.2) is 0 Å². The van der Waals surface area contributed by atoms with E-state index in [1.165, 1.54) is 39.2 Å². The molecular formula is C52H36N2O2. The summed E-state index contributed by atoms with van der Waals surface area (Å²) in [5, 5.41) is 4.71. The largest absolute Gasteiger partial charge is 0.422 e. The molecule has 56 heavy (non-hydrogen) atoms. The van der Waals surface area contributed by atoms with Gasteiger partial charge in [-0.25, -0.2) is 4.79 Å². The van der Waals surface area contributed by atoms with Crippen LogP contribution in [0.5, 0.6) is 0 Å². The van der Waals surface area contributed by atoms with E-state index in [0.717, 1.165) is 49.5 Å². The van der Waals surface area contributed by atoms with Crippen LogP contribution in [0.2, 0.25) is 0 Å². The minimum absolute atomic E-state index is 0.214. The van der Waals surface area contributed by atoms with Gasteiger partial charge in [0.05, 0.1) is 27.8 Å². The zero-order chi connectivity index (χ0) is 37.5. The number of hydrogen-bond acceptors (Lipinski definition) is 3. The lowest BCUT2D eigenvalue weighted by Crippen LogP contribution is -2.30. The third-order valence-corrected chi connectivity index (χ3v) is 11.8. The second kappa shape index (κ2) is 12.2. The number of benzene rings is 8. The Bertz CT molecular complexity index is 3230. The number of nitrogens with zero attached hydrogens (tertiary/aromatic N) is 2. The van der Waals surface area contributed by atoms with Gasteiger partial charge in [-0.15, -0.1) is 0 Å². The smallest absolute Gasteiger partial charge is 0.344 e. The summed E-state index contributed by atoms with van der Waals surface area (Å²) in [4.78, 5) is 15.4. The van der Waals surface area contributed by atoms with Gasteiger partial charge in [-0.3, -0.25) is 0 Å². The van der Waals surface area contributed by atoms with Crippen molar-refractivity contribution in [1.29, 1.82) is 0 Å². The first kappa shape index (κ1) is 32.3. The Hall–Kier alpha value is -7.17. The van der Waals surface area contributed by atoms with Gasteiger partial charge < -0.3 is 13.9 Å². The highest BCUT2D eigenvalue weighted by Gasteiger charge is 2.37. The van der Waals surface area contributed by atoms with Crippen molar-refractivity contribution in [2.75, 3.05) is 4.90 Å². The van der Waals surface area contributed by atoms with Crippen LogP contribution in [0.15, 0.2) is 191 Å². The molecule has 0 N–H and O–H groups in total. The van der Waals surface area contributed by atoms with Crippen molar-refractivity contribution in [2.24, 2.45) is 0 Å². The zero-order valence-corrected chi connectivity index (χ0v) is 31.0. The molecule has 8 aromatic carbocycles. The lowest BCUT2D eigenvalue weighted by Gasteiger charge is -2.42. The average molecular weight is 721 g/mol. The highest BCUT2D eigenvalue weighted by atomic mass is 16.4. The van der Waals surface area contributed by atoms with Crippen molar-refractivity contribution in [3.8, 4) is 27.9 Å². The first-order chi connectivity index (χ1) is 27.4. The minimum atomic E-state index is -0.319. The van der Waals surface area contributed by atoms with Crippen molar-refractivity contribution < 1.29 is 4.42 Å². The fourth-order valence-corrected chi connectivity index (χ4v) is 9.02. The highest BCUT2D eigenvalue weighted by Crippen LogP contribution is 2.52. The van der Waals surface area contributed by atoms with E-state index in [1.807, 2.05) is 30.3 Å². The quantitative estimate of drug-likeness (QED) is 0.134. The van der Waals surface area contributed by atoms with Crippen LogP contribution in [-0.2, 0) is 5.41 Å². The van der Waals surface area contributed by atoms with Crippen LogP contribution in [0.3, 0.4) is 0 Å². The van der Waals surface area contributed by atoms with Gasteiger partial charge in [-0.2, -0.15) is 0 Å². The van der Waals surface area contributed by atoms with Crippen LogP contribution >= 0.6 is 0 Å². The maximum absolute atomic E-state index is 13.0. The van der Waals surface area contributed by atoms with Crippen molar-refractivity contribution in [2.45, 2.75) is 19.3 Å². The Kier molecular flexibility index (Phi) is 7.02. The lowest BCUT2D eigenvalue weighted by molar-refractivity contribution is 0.570. The van der Waals surface area contributed by atoms with E-state index in [0.29, 0.717) is 11.0 Å². The molecule has 0 saturated carbocycles. The lowest BCUT2D eigenvalue weighted by atomic mass is 9.73. The third-order valence-electron chi connectivity index (χ3n) is 11.8. The van der Waals surface area contributed by atoms with Crippen molar-refractivity contribution in [3.05, 3.63) is 204 Å². The van der Waals surface area contributed by atoms with E-state index >= 15 is 0 Å². The number of hydrogen-bond donors (Lipinski definition) is 0. The van der Waals surface area contributed by atoms with Crippen LogP contribution in [0.25, 0.3) is 71.5 Å².